The van der Waals surface area contributed by atoms with Crippen LogP contribution in [0.5, 0.6) is 0 Å². The summed E-state index contributed by atoms with van der Waals surface area (Å²) >= 11 is 1.70. The Labute approximate surface area is 116 Å². The number of fused-ring (bicyclic) bond motifs is 1. The molecular weight excluding hydrogens is 256 g/mol. The number of nitrogens with zero attached hydrogens (tertiary/aromatic N) is 4. The molecule has 1 aliphatic heterocycles. The van der Waals surface area contributed by atoms with Crippen molar-refractivity contribution in [2.75, 3.05) is 5.75 Å². The van der Waals surface area contributed by atoms with Crippen LogP contribution in [-0.2, 0) is 0 Å². The van der Waals surface area contributed by atoms with E-state index in [9.17, 15) is 0 Å². The van der Waals surface area contributed by atoms with Gasteiger partial charge in [0.1, 0.15) is 0 Å². The van der Waals surface area contributed by atoms with Gasteiger partial charge in [-0.05, 0) is 0 Å². The summed E-state index contributed by atoms with van der Waals surface area (Å²) < 4.78 is 1.87. The Morgan fingerprint density at radius 2 is 1.84 bits per heavy atom. The van der Waals surface area contributed by atoms with Crippen molar-refractivity contribution < 1.29 is 0 Å². The van der Waals surface area contributed by atoms with Gasteiger partial charge >= 0.3 is 0 Å². The first-order valence-corrected chi connectivity index (χ1v) is 7.26. The first kappa shape index (κ1) is 12.4. The molecule has 0 amide bonds. The molecule has 5 heteroatoms. The predicted molar refractivity (Wildman–Crippen MR) is 78.5 cm³/mol. The minimum atomic E-state index is 0.0723. The Balaban J connectivity index is 2.10. The Kier molecular flexibility index (Phi) is 2.93. The Morgan fingerprint density at radius 1 is 1.11 bits per heavy atom. The number of aromatic nitrogens is 3. The van der Waals surface area contributed by atoms with Crippen LogP contribution in [0, 0.1) is 5.41 Å². The standard InChI is InChI=1S/C14H16N4S/c1-14(2,3)11-9-19-13-16-15-12(18(13)17-11)10-7-5-4-6-8-10/h4-8H,9H2,1-3H3. The van der Waals surface area contributed by atoms with Crippen LogP contribution in [0.2, 0.25) is 0 Å². The molecule has 0 aliphatic carbocycles. The molecule has 3 rings (SSSR count). The highest BCUT2D eigenvalue weighted by Gasteiger charge is 2.26. The van der Waals surface area contributed by atoms with E-state index < -0.39 is 0 Å². The van der Waals surface area contributed by atoms with Crippen molar-refractivity contribution in [1.82, 2.24) is 14.9 Å². The molecule has 0 saturated heterocycles. The van der Waals surface area contributed by atoms with Crippen molar-refractivity contribution >= 4 is 17.5 Å². The van der Waals surface area contributed by atoms with Gasteiger partial charge in [-0.25, -0.2) is 0 Å². The van der Waals surface area contributed by atoms with Crippen molar-refractivity contribution in [3.05, 3.63) is 30.3 Å². The van der Waals surface area contributed by atoms with Crippen molar-refractivity contribution in [3.8, 4) is 11.4 Å². The fourth-order valence-corrected chi connectivity index (χ4v) is 2.97. The van der Waals surface area contributed by atoms with Gasteiger partial charge in [-0.2, -0.15) is 9.78 Å². The molecule has 0 atom stereocenters. The topological polar surface area (TPSA) is 43.1 Å². The zero-order valence-corrected chi connectivity index (χ0v) is 12.1. The quantitative estimate of drug-likeness (QED) is 0.800. The van der Waals surface area contributed by atoms with Gasteiger partial charge in [-0.15, -0.1) is 10.2 Å². The number of benzene rings is 1. The first-order chi connectivity index (χ1) is 9.05. The molecule has 0 saturated carbocycles. The van der Waals surface area contributed by atoms with Crippen LogP contribution in [0.15, 0.2) is 40.6 Å². The summed E-state index contributed by atoms with van der Waals surface area (Å²) in [6.07, 6.45) is 0. The smallest absolute Gasteiger partial charge is 0.187 e. The van der Waals surface area contributed by atoms with Gasteiger partial charge in [-0.3, -0.25) is 0 Å². The maximum absolute atomic E-state index is 4.74. The Bertz CT molecular complexity index is 623. The first-order valence-electron chi connectivity index (χ1n) is 6.28. The van der Waals surface area contributed by atoms with Crippen molar-refractivity contribution in [2.24, 2.45) is 10.5 Å². The summed E-state index contributed by atoms with van der Waals surface area (Å²) in [5.41, 5.74) is 2.28. The zero-order valence-electron chi connectivity index (χ0n) is 11.3. The second-order valence-electron chi connectivity index (χ2n) is 5.57. The molecule has 2 aromatic rings. The van der Waals surface area contributed by atoms with E-state index in [1.807, 2.05) is 35.0 Å². The van der Waals surface area contributed by atoms with Crippen molar-refractivity contribution in [2.45, 2.75) is 25.9 Å². The summed E-state index contributed by atoms with van der Waals surface area (Å²) in [5.74, 6) is 1.70. The maximum atomic E-state index is 4.74. The summed E-state index contributed by atoms with van der Waals surface area (Å²) in [7, 11) is 0. The highest BCUT2D eigenvalue weighted by atomic mass is 32.2. The van der Waals surface area contributed by atoms with E-state index in [0.29, 0.717) is 0 Å². The molecule has 4 nitrogen and oxygen atoms in total. The van der Waals surface area contributed by atoms with Gasteiger partial charge in [0, 0.05) is 16.7 Å². The van der Waals surface area contributed by atoms with Gasteiger partial charge in [0.2, 0.25) is 5.16 Å². The molecule has 2 heterocycles. The fraction of sp³-hybridized carbons (Fsp3) is 0.357. The predicted octanol–water partition coefficient (Wildman–Crippen LogP) is 3.30. The van der Waals surface area contributed by atoms with Crippen LogP contribution in [0.1, 0.15) is 20.8 Å². The molecule has 0 radical (unpaired) electrons. The molecule has 1 aliphatic rings. The lowest BCUT2D eigenvalue weighted by Gasteiger charge is -2.24. The molecule has 0 spiro atoms. The average Bonchev–Trinajstić information content (AvgIpc) is 2.81. The van der Waals surface area contributed by atoms with Crippen LogP contribution in [0.3, 0.4) is 0 Å². The fourth-order valence-electron chi connectivity index (χ4n) is 1.86. The monoisotopic (exact) mass is 272 g/mol. The third-order valence-corrected chi connectivity index (χ3v) is 4.00. The number of thioether (sulfide) groups is 1. The molecule has 19 heavy (non-hydrogen) atoms. The van der Waals surface area contributed by atoms with Crippen LogP contribution >= 0.6 is 11.8 Å². The van der Waals surface area contributed by atoms with E-state index in [-0.39, 0.29) is 5.41 Å². The normalized spacial score (nSPS) is 15.0. The third-order valence-electron chi connectivity index (χ3n) is 3.07. The van der Waals surface area contributed by atoms with Gasteiger partial charge in [0.05, 0.1) is 5.71 Å². The largest absolute Gasteiger partial charge is 0.212 e. The van der Waals surface area contributed by atoms with Crippen LogP contribution in [-0.4, -0.2) is 26.3 Å². The summed E-state index contributed by atoms with van der Waals surface area (Å²) in [5, 5.41) is 14.1. The number of hydrogen-bond acceptors (Lipinski definition) is 4. The Morgan fingerprint density at radius 3 is 2.53 bits per heavy atom. The van der Waals surface area contributed by atoms with E-state index in [2.05, 4.69) is 31.0 Å². The summed E-state index contributed by atoms with van der Waals surface area (Å²) in [4.78, 5) is 0. The minimum absolute atomic E-state index is 0.0723. The highest BCUT2D eigenvalue weighted by Crippen LogP contribution is 2.31. The molecule has 0 bridgehead atoms. The third kappa shape index (κ3) is 2.30. The molecule has 0 unspecified atom stereocenters. The van der Waals surface area contributed by atoms with E-state index in [4.69, 9.17) is 5.10 Å². The van der Waals surface area contributed by atoms with Gasteiger partial charge in [0.15, 0.2) is 5.82 Å². The number of rotatable bonds is 1. The van der Waals surface area contributed by atoms with Crippen molar-refractivity contribution in [3.63, 3.8) is 0 Å². The van der Waals surface area contributed by atoms with Crippen molar-refractivity contribution in [1.29, 1.82) is 0 Å². The molecule has 0 fully saturated rings. The Hall–Kier alpha value is -1.62. The minimum Gasteiger partial charge on any atom is -0.187 e. The van der Waals surface area contributed by atoms with E-state index in [1.54, 1.807) is 11.8 Å². The summed E-state index contributed by atoms with van der Waals surface area (Å²) in [6.45, 7) is 6.55. The maximum Gasteiger partial charge on any atom is 0.212 e. The summed E-state index contributed by atoms with van der Waals surface area (Å²) in [6, 6.07) is 10.1. The SMILES string of the molecule is CC(C)(C)C1=Nn2c(nnc2-c2ccccc2)SC1. The van der Waals surface area contributed by atoms with Gasteiger partial charge in [0.25, 0.3) is 0 Å². The average molecular weight is 272 g/mol. The second kappa shape index (κ2) is 4.49. The lowest BCUT2D eigenvalue weighted by Crippen LogP contribution is -2.26. The van der Waals surface area contributed by atoms with Gasteiger partial charge in [-0.1, -0.05) is 62.9 Å². The van der Waals surface area contributed by atoms with E-state index in [1.165, 1.54) is 5.71 Å². The number of hydrogen-bond donors (Lipinski definition) is 0. The van der Waals surface area contributed by atoms with Crippen LogP contribution < -0.4 is 0 Å². The molecule has 1 aromatic heterocycles. The lowest BCUT2D eigenvalue weighted by molar-refractivity contribution is 0.574. The molecule has 1 aromatic carbocycles. The zero-order chi connectivity index (χ0) is 13.5. The molecular formula is C14H16N4S. The van der Waals surface area contributed by atoms with E-state index in [0.717, 1.165) is 22.3 Å². The van der Waals surface area contributed by atoms with E-state index >= 15 is 0 Å². The van der Waals surface area contributed by atoms with Gasteiger partial charge < -0.3 is 0 Å². The lowest BCUT2D eigenvalue weighted by atomic mass is 9.91. The molecule has 0 N–H and O–H groups in total. The second-order valence-corrected chi connectivity index (χ2v) is 6.51. The molecule has 98 valence electrons. The highest BCUT2D eigenvalue weighted by molar-refractivity contribution is 7.99. The van der Waals surface area contributed by atoms with Crippen LogP contribution in [0.4, 0.5) is 0 Å². The van der Waals surface area contributed by atoms with Crippen LogP contribution in [0.25, 0.3) is 11.4 Å².